The van der Waals surface area contributed by atoms with Gasteiger partial charge in [0, 0.05) is 12.6 Å². The van der Waals surface area contributed by atoms with Crippen LogP contribution in [0.3, 0.4) is 0 Å². The van der Waals surface area contributed by atoms with Crippen molar-refractivity contribution in [2.24, 2.45) is 0 Å². The van der Waals surface area contributed by atoms with Crippen LogP contribution >= 0.6 is 0 Å². The van der Waals surface area contributed by atoms with Crippen LogP contribution in [0.25, 0.3) is 0 Å². The van der Waals surface area contributed by atoms with Crippen molar-refractivity contribution >= 4 is 0 Å². The van der Waals surface area contributed by atoms with Crippen molar-refractivity contribution in [2.75, 3.05) is 19.7 Å². The first-order valence-corrected chi connectivity index (χ1v) is 4.58. The van der Waals surface area contributed by atoms with Gasteiger partial charge < -0.3 is 4.74 Å². The SMILES string of the molecule is [C]1OCCCC1N1CCCC1. The van der Waals surface area contributed by atoms with Crippen LogP contribution in [0.15, 0.2) is 0 Å². The molecule has 2 rings (SSSR count). The Bertz CT molecular complexity index is 115. The van der Waals surface area contributed by atoms with Crippen molar-refractivity contribution in [2.45, 2.75) is 31.7 Å². The molecule has 2 nitrogen and oxygen atoms in total. The maximum Gasteiger partial charge on any atom is 0.150 e. The quantitative estimate of drug-likeness (QED) is 0.563. The number of rotatable bonds is 1. The molecule has 0 N–H and O–H groups in total. The molecule has 1 atom stereocenters. The van der Waals surface area contributed by atoms with Crippen molar-refractivity contribution in [1.82, 2.24) is 4.90 Å². The maximum absolute atomic E-state index is 5.20. The Morgan fingerprint density at radius 2 is 2.00 bits per heavy atom. The van der Waals surface area contributed by atoms with Crippen molar-refractivity contribution in [3.05, 3.63) is 6.61 Å². The first-order chi connectivity index (χ1) is 5.47. The van der Waals surface area contributed by atoms with Crippen LogP contribution in [0.1, 0.15) is 25.7 Å². The molecular formula is C9H15NO. The lowest BCUT2D eigenvalue weighted by Gasteiger charge is -2.29. The Hall–Kier alpha value is -0.0800. The summed E-state index contributed by atoms with van der Waals surface area (Å²) in [6.07, 6.45) is 5.17. The van der Waals surface area contributed by atoms with Crippen LogP contribution in [-0.4, -0.2) is 30.6 Å². The molecule has 62 valence electrons. The van der Waals surface area contributed by atoms with Gasteiger partial charge in [0.15, 0.2) is 6.61 Å². The molecule has 2 radical (unpaired) electrons. The largest absolute Gasteiger partial charge is 0.367 e. The summed E-state index contributed by atoms with van der Waals surface area (Å²) in [5.41, 5.74) is 0. The second-order valence-electron chi connectivity index (χ2n) is 3.37. The summed E-state index contributed by atoms with van der Waals surface area (Å²) in [4.78, 5) is 2.49. The van der Waals surface area contributed by atoms with E-state index in [1.165, 1.54) is 38.8 Å². The third kappa shape index (κ3) is 1.74. The zero-order chi connectivity index (χ0) is 7.52. The lowest BCUT2D eigenvalue weighted by atomic mass is 10.1. The Labute approximate surface area is 68.5 Å². The molecule has 2 heteroatoms. The Kier molecular flexibility index (Phi) is 2.44. The summed E-state index contributed by atoms with van der Waals surface area (Å²) < 4.78 is 5.20. The van der Waals surface area contributed by atoms with E-state index < -0.39 is 0 Å². The highest BCUT2D eigenvalue weighted by Gasteiger charge is 2.24. The van der Waals surface area contributed by atoms with Gasteiger partial charge in [0.05, 0.1) is 0 Å². The number of likely N-dealkylation sites (tertiary alicyclic amines) is 1. The molecule has 0 aromatic heterocycles. The van der Waals surface area contributed by atoms with E-state index in [-0.39, 0.29) is 0 Å². The van der Waals surface area contributed by atoms with Crippen LogP contribution in [-0.2, 0) is 4.74 Å². The molecule has 0 bridgehead atoms. The van der Waals surface area contributed by atoms with Gasteiger partial charge in [0.25, 0.3) is 0 Å². The fourth-order valence-corrected chi connectivity index (χ4v) is 1.87. The van der Waals surface area contributed by atoms with Gasteiger partial charge in [-0.15, -0.1) is 0 Å². The predicted molar refractivity (Wildman–Crippen MR) is 43.0 cm³/mol. The molecule has 0 saturated carbocycles. The molecule has 2 saturated heterocycles. The monoisotopic (exact) mass is 153 g/mol. The average Bonchev–Trinajstić information content (AvgIpc) is 2.58. The normalized spacial score (nSPS) is 34.4. The van der Waals surface area contributed by atoms with Gasteiger partial charge in [0.2, 0.25) is 0 Å². The summed E-state index contributed by atoms with van der Waals surface area (Å²) in [5.74, 6) is 0. The van der Waals surface area contributed by atoms with Crippen molar-refractivity contribution in [3.8, 4) is 0 Å². The highest BCUT2D eigenvalue weighted by molar-refractivity contribution is 4.84. The lowest BCUT2D eigenvalue weighted by Crippen LogP contribution is -2.36. The number of ether oxygens (including phenoxy) is 1. The molecule has 2 heterocycles. The molecule has 2 aliphatic heterocycles. The molecule has 2 aliphatic rings. The van der Waals surface area contributed by atoms with Gasteiger partial charge >= 0.3 is 0 Å². The minimum atomic E-state index is 0.506. The third-order valence-electron chi connectivity index (χ3n) is 2.52. The molecule has 1 unspecified atom stereocenters. The van der Waals surface area contributed by atoms with Crippen molar-refractivity contribution < 1.29 is 4.74 Å². The number of hydrogen-bond acceptors (Lipinski definition) is 2. The molecule has 0 aliphatic carbocycles. The molecule has 11 heavy (non-hydrogen) atoms. The van der Waals surface area contributed by atoms with E-state index in [4.69, 9.17) is 4.74 Å². The van der Waals surface area contributed by atoms with E-state index in [2.05, 4.69) is 11.5 Å². The van der Waals surface area contributed by atoms with Gasteiger partial charge in [-0.05, 0) is 38.8 Å². The van der Waals surface area contributed by atoms with Crippen LogP contribution in [0, 0.1) is 6.61 Å². The minimum Gasteiger partial charge on any atom is -0.367 e. The van der Waals surface area contributed by atoms with Gasteiger partial charge in [-0.1, -0.05) is 0 Å². The number of nitrogens with zero attached hydrogens (tertiary/aromatic N) is 1. The fourth-order valence-electron chi connectivity index (χ4n) is 1.87. The summed E-state index contributed by atoms with van der Waals surface area (Å²) >= 11 is 0. The molecule has 0 aromatic rings. The standard InChI is InChI=1S/C9H15NO/c1-2-6-10(5-1)9-4-3-7-11-8-9/h9H,1-7H2. The van der Waals surface area contributed by atoms with Crippen molar-refractivity contribution in [1.29, 1.82) is 0 Å². The third-order valence-corrected chi connectivity index (χ3v) is 2.52. The summed E-state index contributed by atoms with van der Waals surface area (Å²) in [6.45, 7) is 6.47. The van der Waals surface area contributed by atoms with Gasteiger partial charge in [-0.3, -0.25) is 4.90 Å². The topological polar surface area (TPSA) is 12.5 Å². The van der Waals surface area contributed by atoms with Gasteiger partial charge in [-0.25, -0.2) is 0 Å². The highest BCUT2D eigenvalue weighted by Crippen LogP contribution is 2.20. The van der Waals surface area contributed by atoms with Crippen LogP contribution in [0.2, 0.25) is 0 Å². The first-order valence-electron chi connectivity index (χ1n) is 4.58. The van der Waals surface area contributed by atoms with Crippen LogP contribution < -0.4 is 0 Å². The van der Waals surface area contributed by atoms with Gasteiger partial charge in [0.1, 0.15) is 0 Å². The predicted octanol–water partition coefficient (Wildman–Crippen LogP) is 1.30. The minimum absolute atomic E-state index is 0.506. The molecule has 2 fully saturated rings. The molecule has 0 aromatic carbocycles. The molecule has 0 spiro atoms. The van der Waals surface area contributed by atoms with E-state index in [9.17, 15) is 0 Å². The molecular weight excluding hydrogens is 138 g/mol. The molecule has 0 amide bonds. The Balaban J connectivity index is 1.82. The van der Waals surface area contributed by atoms with E-state index in [1.54, 1.807) is 0 Å². The van der Waals surface area contributed by atoms with E-state index >= 15 is 0 Å². The first kappa shape index (κ1) is 7.56. The average molecular weight is 153 g/mol. The maximum atomic E-state index is 5.20. The van der Waals surface area contributed by atoms with E-state index in [0.717, 1.165) is 6.61 Å². The summed E-state index contributed by atoms with van der Waals surface area (Å²) in [5, 5.41) is 0. The second-order valence-corrected chi connectivity index (χ2v) is 3.37. The van der Waals surface area contributed by atoms with Crippen LogP contribution in [0.5, 0.6) is 0 Å². The highest BCUT2D eigenvalue weighted by atomic mass is 16.5. The van der Waals surface area contributed by atoms with Gasteiger partial charge in [-0.2, -0.15) is 0 Å². The van der Waals surface area contributed by atoms with E-state index in [1.807, 2.05) is 0 Å². The lowest BCUT2D eigenvalue weighted by molar-refractivity contribution is 0.0803. The Morgan fingerprint density at radius 3 is 2.64 bits per heavy atom. The zero-order valence-electron chi connectivity index (χ0n) is 6.88. The summed E-state index contributed by atoms with van der Waals surface area (Å²) in [7, 11) is 0. The Morgan fingerprint density at radius 1 is 1.18 bits per heavy atom. The smallest absolute Gasteiger partial charge is 0.150 e. The zero-order valence-corrected chi connectivity index (χ0v) is 6.88. The van der Waals surface area contributed by atoms with E-state index in [0.29, 0.717) is 6.04 Å². The number of hydrogen-bond donors (Lipinski definition) is 0. The van der Waals surface area contributed by atoms with Crippen LogP contribution in [0.4, 0.5) is 0 Å². The fraction of sp³-hybridized carbons (Fsp3) is 0.889. The summed E-state index contributed by atoms with van der Waals surface area (Å²) in [6, 6.07) is 0.506. The van der Waals surface area contributed by atoms with Crippen molar-refractivity contribution in [3.63, 3.8) is 0 Å². The second kappa shape index (κ2) is 3.55.